The average Bonchev–Trinajstić information content (AvgIpc) is 2.58. The van der Waals surface area contributed by atoms with E-state index in [1.54, 1.807) is 0 Å². The van der Waals surface area contributed by atoms with Crippen molar-refractivity contribution in [3.05, 3.63) is 60.7 Å². The Morgan fingerprint density at radius 2 is 1.73 bits per heavy atom. The monoisotopic (exact) mass is 370 g/mol. The third kappa shape index (κ3) is 5.29. The van der Waals surface area contributed by atoms with Gasteiger partial charge in [0.2, 0.25) is 0 Å². The van der Waals surface area contributed by atoms with Gasteiger partial charge in [0, 0.05) is 0 Å². The molecule has 2 aromatic carbocycles. The summed E-state index contributed by atoms with van der Waals surface area (Å²) in [6.07, 6.45) is 2.82. The van der Waals surface area contributed by atoms with Crippen LogP contribution < -0.4 is 0 Å². The van der Waals surface area contributed by atoms with Crippen molar-refractivity contribution in [1.29, 1.82) is 0 Å². The first-order valence-corrected chi connectivity index (χ1v) is 12.4. The summed E-state index contributed by atoms with van der Waals surface area (Å²) in [6.45, 7) is 18.0. The van der Waals surface area contributed by atoms with Crippen LogP contribution in [-0.4, -0.2) is 20.5 Å². The summed E-state index contributed by atoms with van der Waals surface area (Å²) in [5.74, 6) is 0. The zero-order valence-corrected chi connectivity index (χ0v) is 18.2. The van der Waals surface area contributed by atoms with Crippen molar-refractivity contribution in [2.45, 2.75) is 71.1 Å². The Kier molecular flexibility index (Phi) is 6.84. The van der Waals surface area contributed by atoms with E-state index in [1.807, 2.05) is 6.08 Å². The molecule has 0 heterocycles. The molecule has 0 saturated carbocycles. The molecule has 0 fully saturated rings. The molecule has 0 aliphatic heterocycles. The normalized spacial score (nSPS) is 15.0. The lowest BCUT2D eigenvalue weighted by Crippen LogP contribution is -2.46. The number of ether oxygens (including phenoxy) is 1. The number of rotatable bonds is 8. The van der Waals surface area contributed by atoms with Crippen molar-refractivity contribution in [1.82, 2.24) is 0 Å². The molecule has 0 spiro atoms. The van der Waals surface area contributed by atoms with Gasteiger partial charge in [0.05, 0.1) is 18.8 Å². The van der Waals surface area contributed by atoms with E-state index in [1.165, 1.54) is 16.3 Å². The van der Waals surface area contributed by atoms with Crippen LogP contribution >= 0.6 is 0 Å². The van der Waals surface area contributed by atoms with Gasteiger partial charge in [-0.1, -0.05) is 63.2 Å². The summed E-state index contributed by atoms with van der Waals surface area (Å²) >= 11 is 0. The molecule has 0 saturated heterocycles. The maximum atomic E-state index is 6.61. The molecule has 2 nitrogen and oxygen atoms in total. The van der Waals surface area contributed by atoms with Crippen molar-refractivity contribution in [3.8, 4) is 0 Å². The highest BCUT2D eigenvalue weighted by molar-refractivity contribution is 6.74. The molecule has 3 heteroatoms. The van der Waals surface area contributed by atoms with Crippen molar-refractivity contribution in [2.75, 3.05) is 0 Å². The second-order valence-electron chi connectivity index (χ2n) is 8.64. The van der Waals surface area contributed by atoms with E-state index in [4.69, 9.17) is 9.16 Å². The molecule has 0 unspecified atom stereocenters. The number of hydrogen-bond donors (Lipinski definition) is 0. The molecule has 142 valence electrons. The van der Waals surface area contributed by atoms with E-state index in [0.29, 0.717) is 6.61 Å². The van der Waals surface area contributed by atoms with Gasteiger partial charge in [-0.05, 0) is 53.9 Å². The predicted molar refractivity (Wildman–Crippen MR) is 115 cm³/mol. The Morgan fingerprint density at radius 1 is 1.08 bits per heavy atom. The van der Waals surface area contributed by atoms with Gasteiger partial charge in [0.1, 0.15) is 0 Å². The fourth-order valence-corrected chi connectivity index (χ4v) is 4.12. The van der Waals surface area contributed by atoms with Crippen molar-refractivity contribution < 1.29 is 9.16 Å². The van der Waals surface area contributed by atoms with E-state index in [2.05, 4.69) is 89.8 Å². The third-order valence-electron chi connectivity index (χ3n) is 5.50. The Balaban J connectivity index is 2.04. The van der Waals surface area contributed by atoms with Gasteiger partial charge in [-0.2, -0.15) is 0 Å². The van der Waals surface area contributed by atoms with Gasteiger partial charge < -0.3 is 9.16 Å². The Morgan fingerprint density at radius 3 is 2.35 bits per heavy atom. The summed E-state index contributed by atoms with van der Waals surface area (Å²) in [7, 11) is -1.84. The fourth-order valence-electron chi connectivity index (χ4n) is 2.72. The molecule has 2 rings (SSSR count). The third-order valence-corrected chi connectivity index (χ3v) is 10.0. The topological polar surface area (TPSA) is 18.5 Å². The molecule has 0 radical (unpaired) electrons. The van der Waals surface area contributed by atoms with Gasteiger partial charge in [0.25, 0.3) is 0 Å². The van der Waals surface area contributed by atoms with Gasteiger partial charge in [0.15, 0.2) is 8.32 Å². The van der Waals surface area contributed by atoms with Gasteiger partial charge in [-0.25, -0.2) is 0 Å². The van der Waals surface area contributed by atoms with Crippen LogP contribution in [0.1, 0.15) is 39.7 Å². The standard InChI is InChI=1S/C23H34O2Si/c1-8-11-22(25-26(6,7)23(3,4)5)18(2)24-17-19-14-15-20-12-9-10-13-21(20)16-19/h8-10,12-16,18,22H,1,11,17H2,2-7H3/t18-,22-/m0/s1. The second-order valence-corrected chi connectivity index (χ2v) is 13.4. The van der Waals surface area contributed by atoms with Crippen LogP contribution in [0, 0.1) is 0 Å². The van der Waals surface area contributed by atoms with Crippen molar-refractivity contribution in [3.63, 3.8) is 0 Å². The minimum atomic E-state index is -1.84. The molecule has 0 amide bonds. The second kappa shape index (κ2) is 8.51. The van der Waals surface area contributed by atoms with Crippen molar-refractivity contribution >= 4 is 19.1 Å². The zero-order valence-electron chi connectivity index (χ0n) is 17.2. The predicted octanol–water partition coefficient (Wildman–Crippen LogP) is 6.71. The quantitative estimate of drug-likeness (QED) is 0.380. The maximum Gasteiger partial charge on any atom is 0.192 e. The Labute approximate surface area is 160 Å². The summed E-state index contributed by atoms with van der Waals surface area (Å²) in [4.78, 5) is 0. The fraction of sp³-hybridized carbons (Fsp3) is 0.478. The highest BCUT2D eigenvalue weighted by Crippen LogP contribution is 2.38. The van der Waals surface area contributed by atoms with Crippen molar-refractivity contribution in [2.24, 2.45) is 0 Å². The summed E-state index contributed by atoms with van der Waals surface area (Å²) < 4.78 is 12.8. The van der Waals surface area contributed by atoms with Crippen LogP contribution in [0.5, 0.6) is 0 Å². The van der Waals surface area contributed by atoms with Gasteiger partial charge in [-0.3, -0.25) is 0 Å². The van der Waals surface area contributed by atoms with Crippen LogP contribution in [0.25, 0.3) is 10.8 Å². The number of fused-ring (bicyclic) bond motifs is 1. The molecule has 26 heavy (non-hydrogen) atoms. The first-order valence-electron chi connectivity index (χ1n) is 9.52. The molecule has 0 aliphatic rings. The number of benzene rings is 2. The number of hydrogen-bond acceptors (Lipinski definition) is 2. The SMILES string of the molecule is C=CC[C@H](O[Si](C)(C)C(C)(C)C)[C@H](C)OCc1ccc2ccccc2c1. The summed E-state index contributed by atoms with van der Waals surface area (Å²) in [6, 6.07) is 14.9. The Bertz CT molecular complexity index is 730. The lowest BCUT2D eigenvalue weighted by Gasteiger charge is -2.40. The van der Waals surface area contributed by atoms with Crippen LogP contribution in [0.15, 0.2) is 55.1 Å². The maximum absolute atomic E-state index is 6.61. The molecular weight excluding hydrogens is 336 g/mol. The molecule has 2 atom stereocenters. The molecular formula is C23H34O2Si. The first-order chi connectivity index (χ1) is 12.1. The minimum absolute atomic E-state index is 0.0218. The molecule has 0 aromatic heterocycles. The Hall–Kier alpha value is -1.42. The van der Waals surface area contributed by atoms with Crippen LogP contribution in [0.3, 0.4) is 0 Å². The van der Waals surface area contributed by atoms with E-state index < -0.39 is 8.32 Å². The molecule has 2 aromatic rings. The molecule has 0 aliphatic carbocycles. The largest absolute Gasteiger partial charge is 0.411 e. The average molecular weight is 371 g/mol. The van der Waals surface area contributed by atoms with E-state index in [9.17, 15) is 0 Å². The minimum Gasteiger partial charge on any atom is -0.411 e. The summed E-state index contributed by atoms with van der Waals surface area (Å²) in [5, 5.41) is 2.70. The van der Waals surface area contributed by atoms with Crippen LogP contribution in [0.4, 0.5) is 0 Å². The zero-order chi connectivity index (χ0) is 19.4. The van der Waals surface area contributed by atoms with Crippen LogP contribution in [0.2, 0.25) is 18.1 Å². The van der Waals surface area contributed by atoms with E-state index >= 15 is 0 Å². The van der Waals surface area contributed by atoms with Gasteiger partial charge in [-0.15, -0.1) is 6.58 Å². The molecule has 0 N–H and O–H groups in total. The summed E-state index contributed by atoms with van der Waals surface area (Å²) in [5.41, 5.74) is 1.19. The van der Waals surface area contributed by atoms with E-state index in [0.717, 1.165) is 6.42 Å². The first kappa shape index (κ1) is 20.9. The highest BCUT2D eigenvalue weighted by atomic mass is 28.4. The smallest absolute Gasteiger partial charge is 0.192 e. The lowest BCUT2D eigenvalue weighted by atomic mass is 10.1. The van der Waals surface area contributed by atoms with Crippen LogP contribution in [-0.2, 0) is 15.8 Å². The lowest BCUT2D eigenvalue weighted by molar-refractivity contribution is -0.0276. The highest BCUT2D eigenvalue weighted by Gasteiger charge is 2.40. The molecule has 0 bridgehead atoms. The van der Waals surface area contributed by atoms with Gasteiger partial charge >= 0.3 is 0 Å². The van der Waals surface area contributed by atoms with E-state index in [-0.39, 0.29) is 17.2 Å².